The van der Waals surface area contributed by atoms with Crippen molar-refractivity contribution in [2.45, 2.75) is 82.0 Å². The molecule has 2 saturated carbocycles. The van der Waals surface area contributed by atoms with Gasteiger partial charge in [-0.1, -0.05) is 44.9 Å². The fourth-order valence-electron chi connectivity index (χ4n) is 4.01. The van der Waals surface area contributed by atoms with Gasteiger partial charge >= 0.3 is 0 Å². The molecule has 2 aliphatic carbocycles. The van der Waals surface area contributed by atoms with Crippen LogP contribution in [0.1, 0.15) is 92.7 Å². The lowest BCUT2D eigenvalue weighted by atomic mass is 9.69. The fraction of sp³-hybridized carbons (Fsp3) is 0.684. The molecular formula is C19H26BFN2O. The number of hydrogen-bond donors (Lipinski definition) is 1. The van der Waals surface area contributed by atoms with Crippen LogP contribution in [-0.4, -0.2) is 24.2 Å². The first-order valence-electron chi connectivity index (χ1n) is 9.35. The van der Waals surface area contributed by atoms with E-state index in [0.717, 1.165) is 57.1 Å². The minimum atomic E-state index is -0.741. The molecule has 1 aromatic rings. The van der Waals surface area contributed by atoms with Crippen LogP contribution in [0.25, 0.3) is 0 Å². The second-order valence-electron chi connectivity index (χ2n) is 7.43. The van der Waals surface area contributed by atoms with E-state index in [1.54, 1.807) is 6.07 Å². The van der Waals surface area contributed by atoms with E-state index >= 15 is 0 Å². The maximum Gasteiger partial charge on any atom is 0.272 e. The molecule has 0 atom stereocenters. The summed E-state index contributed by atoms with van der Waals surface area (Å²) in [6, 6.07) is 3.09. The minimum Gasteiger partial charge on any atom is -0.354 e. The monoisotopic (exact) mass is 328 g/mol. The lowest BCUT2D eigenvalue weighted by Gasteiger charge is -2.33. The molecule has 1 aromatic heterocycles. The van der Waals surface area contributed by atoms with E-state index in [9.17, 15) is 9.18 Å². The Morgan fingerprint density at radius 1 is 1.08 bits per heavy atom. The van der Waals surface area contributed by atoms with Gasteiger partial charge < -0.3 is 5.32 Å². The highest BCUT2D eigenvalue weighted by Crippen LogP contribution is 2.33. The molecule has 0 unspecified atom stereocenters. The highest BCUT2D eigenvalue weighted by atomic mass is 19.1. The van der Waals surface area contributed by atoms with Crippen LogP contribution >= 0.6 is 0 Å². The minimum absolute atomic E-state index is 0.105. The van der Waals surface area contributed by atoms with E-state index < -0.39 is 17.2 Å². The van der Waals surface area contributed by atoms with Crippen molar-refractivity contribution in [2.75, 3.05) is 0 Å². The number of pyridine rings is 1. The van der Waals surface area contributed by atoms with Crippen molar-refractivity contribution in [1.29, 1.82) is 0 Å². The van der Waals surface area contributed by atoms with E-state index in [1.807, 2.05) is 0 Å². The molecule has 3 rings (SSSR count). The van der Waals surface area contributed by atoms with E-state index in [0.29, 0.717) is 5.92 Å². The van der Waals surface area contributed by atoms with E-state index in [1.165, 1.54) is 25.3 Å². The van der Waals surface area contributed by atoms with Gasteiger partial charge in [0, 0.05) is 17.1 Å². The Labute approximate surface area is 145 Å². The molecule has 0 bridgehead atoms. The lowest BCUT2D eigenvalue weighted by molar-refractivity contribution is 0.0907. The van der Waals surface area contributed by atoms with Gasteiger partial charge in [-0.15, -0.1) is 0 Å². The first kappa shape index (κ1) is 17.4. The van der Waals surface area contributed by atoms with E-state index in [2.05, 4.69) is 10.3 Å². The Morgan fingerprint density at radius 3 is 2.38 bits per heavy atom. The van der Waals surface area contributed by atoms with Gasteiger partial charge in [0.15, 0.2) is 11.5 Å². The number of amides is 1. The normalized spacial score (nSPS) is 21.9. The summed E-state index contributed by atoms with van der Waals surface area (Å²) in [7, 11) is 6.39. The maximum atomic E-state index is 14.2. The Balaban J connectivity index is 1.74. The number of aromatic nitrogens is 1. The molecule has 0 saturated heterocycles. The first-order chi connectivity index (χ1) is 11.6. The Bertz CT molecular complexity index is 579. The summed E-state index contributed by atoms with van der Waals surface area (Å²) in [5, 5.41) is 2.87. The molecule has 3 nitrogen and oxygen atoms in total. The quantitative estimate of drug-likeness (QED) is 0.844. The number of nitrogens with zero attached hydrogens (tertiary/aromatic N) is 1. The molecule has 2 aliphatic rings. The van der Waals surface area contributed by atoms with Crippen LogP contribution in [0.5, 0.6) is 0 Å². The van der Waals surface area contributed by atoms with E-state index in [-0.39, 0.29) is 5.69 Å². The molecule has 1 heterocycles. The lowest BCUT2D eigenvalue weighted by Crippen LogP contribution is -2.49. The van der Waals surface area contributed by atoms with Gasteiger partial charge in [-0.05, 0) is 37.8 Å². The zero-order valence-electron chi connectivity index (χ0n) is 14.3. The number of carbonyl (C=O) groups is 1. The number of hydrogen-bond acceptors (Lipinski definition) is 2. The number of rotatable bonds is 3. The average molecular weight is 328 g/mol. The number of nitrogens with one attached hydrogen (secondary N) is 1. The molecule has 128 valence electrons. The van der Waals surface area contributed by atoms with Crippen molar-refractivity contribution in [2.24, 2.45) is 0 Å². The van der Waals surface area contributed by atoms with Crippen LogP contribution in [0.4, 0.5) is 4.39 Å². The second-order valence-corrected chi connectivity index (χ2v) is 7.43. The van der Waals surface area contributed by atoms with Crippen LogP contribution in [0, 0.1) is 5.82 Å². The zero-order valence-corrected chi connectivity index (χ0v) is 14.3. The Morgan fingerprint density at radius 2 is 1.71 bits per heavy atom. The van der Waals surface area contributed by atoms with Gasteiger partial charge in [-0.25, -0.2) is 9.37 Å². The SMILES string of the molecule is [B]C1(NC(=O)c2nc(C3CCCC3)ccc2F)CCCCCCC1. The third-order valence-electron chi connectivity index (χ3n) is 5.46. The van der Waals surface area contributed by atoms with Gasteiger partial charge in [-0.2, -0.15) is 0 Å². The third-order valence-corrected chi connectivity index (χ3v) is 5.46. The predicted octanol–water partition coefficient (Wildman–Crippen LogP) is 4.22. The highest BCUT2D eigenvalue weighted by Gasteiger charge is 2.29. The van der Waals surface area contributed by atoms with Crippen molar-refractivity contribution in [3.63, 3.8) is 0 Å². The summed E-state index contributed by atoms with van der Waals surface area (Å²) in [6.45, 7) is 0. The van der Waals surface area contributed by atoms with E-state index in [4.69, 9.17) is 7.85 Å². The van der Waals surface area contributed by atoms with Gasteiger partial charge in [0.2, 0.25) is 0 Å². The molecule has 5 heteroatoms. The largest absolute Gasteiger partial charge is 0.354 e. The molecule has 1 N–H and O–H groups in total. The predicted molar refractivity (Wildman–Crippen MR) is 93.7 cm³/mol. The van der Waals surface area contributed by atoms with Crippen LogP contribution in [-0.2, 0) is 0 Å². The van der Waals surface area contributed by atoms with Gasteiger partial charge in [0.25, 0.3) is 5.91 Å². The fourth-order valence-corrected chi connectivity index (χ4v) is 4.01. The first-order valence-corrected chi connectivity index (χ1v) is 9.35. The molecule has 2 radical (unpaired) electrons. The number of halogens is 1. The highest BCUT2D eigenvalue weighted by molar-refractivity contribution is 6.17. The molecule has 1 amide bonds. The summed E-state index contributed by atoms with van der Waals surface area (Å²) in [5.41, 5.74) is -0.0105. The van der Waals surface area contributed by atoms with Crippen molar-refractivity contribution < 1.29 is 9.18 Å². The van der Waals surface area contributed by atoms with Crippen molar-refractivity contribution >= 4 is 13.8 Å². The zero-order chi connectivity index (χ0) is 17.0. The molecule has 0 spiro atoms. The van der Waals surface area contributed by atoms with Crippen LogP contribution in [0.2, 0.25) is 0 Å². The van der Waals surface area contributed by atoms with Crippen LogP contribution in [0.3, 0.4) is 0 Å². The van der Waals surface area contributed by atoms with Crippen molar-refractivity contribution in [1.82, 2.24) is 10.3 Å². The van der Waals surface area contributed by atoms with Crippen LogP contribution < -0.4 is 5.32 Å². The average Bonchev–Trinajstić information content (AvgIpc) is 3.06. The van der Waals surface area contributed by atoms with Gasteiger partial charge in [0.05, 0.1) is 0 Å². The number of carbonyl (C=O) groups excluding carboxylic acids is 1. The summed E-state index contributed by atoms with van der Waals surface area (Å²) < 4.78 is 14.2. The van der Waals surface area contributed by atoms with Gasteiger partial charge in [0.1, 0.15) is 7.85 Å². The van der Waals surface area contributed by atoms with Gasteiger partial charge in [-0.3, -0.25) is 4.79 Å². The summed E-state index contributed by atoms with van der Waals surface area (Å²) in [5.74, 6) is -0.690. The van der Waals surface area contributed by atoms with Crippen molar-refractivity contribution in [3.05, 3.63) is 29.3 Å². The standard InChI is InChI=1S/C19H26BFN2O/c20-19(12-6-2-1-3-7-13-19)23-18(24)17-15(21)10-11-16(22-17)14-8-4-5-9-14/h10-11,14H,1-9,12-13H2,(H,23,24). The third kappa shape index (κ3) is 4.17. The summed E-state index contributed by atoms with van der Waals surface area (Å²) in [6.07, 6.45) is 11.5. The molecule has 2 fully saturated rings. The molecular weight excluding hydrogens is 302 g/mol. The second kappa shape index (κ2) is 7.67. The Hall–Kier alpha value is -1.39. The van der Waals surface area contributed by atoms with Crippen molar-refractivity contribution in [3.8, 4) is 0 Å². The summed E-state index contributed by atoms with van der Waals surface area (Å²) in [4.78, 5) is 17.0. The molecule has 24 heavy (non-hydrogen) atoms. The summed E-state index contributed by atoms with van der Waals surface area (Å²) >= 11 is 0. The topological polar surface area (TPSA) is 42.0 Å². The van der Waals surface area contributed by atoms with Crippen LogP contribution in [0.15, 0.2) is 12.1 Å². The maximum absolute atomic E-state index is 14.2. The molecule has 0 aliphatic heterocycles. The Kier molecular flexibility index (Phi) is 5.57. The molecule has 0 aromatic carbocycles. The smallest absolute Gasteiger partial charge is 0.272 e.